The molecule has 0 bridgehead atoms. The number of carbonyl (C=O) groups is 1. The van der Waals surface area contributed by atoms with Gasteiger partial charge in [-0.2, -0.15) is 4.31 Å². The molecule has 28 heavy (non-hydrogen) atoms. The largest absolute Gasteiger partial charge is 0.324 e. The number of hydrogen-bond donors (Lipinski definition) is 1. The van der Waals surface area contributed by atoms with Crippen molar-refractivity contribution in [2.45, 2.75) is 25.3 Å². The van der Waals surface area contributed by atoms with E-state index in [-0.39, 0.29) is 17.0 Å². The molecule has 2 heterocycles. The number of rotatable bonds is 7. The summed E-state index contributed by atoms with van der Waals surface area (Å²) < 4.78 is 27.8. The lowest BCUT2D eigenvalue weighted by Crippen LogP contribution is -2.30. The lowest BCUT2D eigenvalue weighted by molar-refractivity contribution is -0.116. The minimum Gasteiger partial charge on any atom is -0.324 e. The number of nitrogens with one attached hydrogen (secondary N) is 1. The highest BCUT2D eigenvalue weighted by Gasteiger charge is 2.22. The number of anilines is 1. The second-order valence-electron chi connectivity index (χ2n) is 5.98. The van der Waals surface area contributed by atoms with Crippen molar-refractivity contribution in [1.82, 2.24) is 13.9 Å². The van der Waals surface area contributed by atoms with Crippen LogP contribution in [-0.4, -0.2) is 41.3 Å². The Bertz CT molecular complexity index is 1160. The van der Waals surface area contributed by atoms with Crippen LogP contribution in [-0.2, 0) is 21.4 Å². The number of hydrogen-bond acceptors (Lipinski definition) is 6. The maximum Gasteiger partial charge on any atom is 0.262 e. The molecule has 0 unspecified atom stereocenters. The van der Waals surface area contributed by atoms with Gasteiger partial charge in [-0.15, -0.1) is 11.3 Å². The van der Waals surface area contributed by atoms with E-state index in [1.165, 1.54) is 38.7 Å². The Morgan fingerprint density at radius 2 is 2.00 bits per heavy atom. The molecule has 1 amide bonds. The molecule has 3 rings (SSSR count). The average Bonchev–Trinajstić information content (AvgIpc) is 3.14. The van der Waals surface area contributed by atoms with Crippen LogP contribution in [0.1, 0.15) is 13.8 Å². The van der Waals surface area contributed by atoms with E-state index in [2.05, 4.69) is 10.3 Å². The summed E-state index contributed by atoms with van der Waals surface area (Å²) in [6, 6.07) is 7.74. The van der Waals surface area contributed by atoms with Gasteiger partial charge >= 0.3 is 0 Å². The number of carbonyl (C=O) groups excluding carboxylic acids is 1. The van der Waals surface area contributed by atoms with Gasteiger partial charge in [-0.1, -0.05) is 19.9 Å². The van der Waals surface area contributed by atoms with Gasteiger partial charge in [-0.25, -0.2) is 13.4 Å². The van der Waals surface area contributed by atoms with Crippen molar-refractivity contribution < 1.29 is 13.2 Å². The van der Waals surface area contributed by atoms with Crippen LogP contribution in [0, 0.1) is 0 Å². The van der Waals surface area contributed by atoms with E-state index in [1.807, 2.05) is 0 Å². The smallest absolute Gasteiger partial charge is 0.262 e. The molecule has 10 heteroatoms. The van der Waals surface area contributed by atoms with Gasteiger partial charge in [0.1, 0.15) is 11.4 Å². The summed E-state index contributed by atoms with van der Waals surface area (Å²) in [5.41, 5.74) is 0.0510. The van der Waals surface area contributed by atoms with Crippen molar-refractivity contribution in [3.8, 4) is 0 Å². The van der Waals surface area contributed by atoms with Crippen molar-refractivity contribution in [2.24, 2.45) is 0 Å². The lowest BCUT2D eigenvalue weighted by atomic mass is 10.3. The Kier molecular flexibility index (Phi) is 5.92. The highest BCUT2D eigenvalue weighted by atomic mass is 32.2. The molecule has 8 nitrogen and oxygen atoms in total. The summed E-state index contributed by atoms with van der Waals surface area (Å²) >= 11 is 1.36. The second kappa shape index (κ2) is 8.21. The Morgan fingerprint density at radius 1 is 1.25 bits per heavy atom. The molecule has 0 saturated heterocycles. The molecule has 148 valence electrons. The standard InChI is InChI=1S/C18H20N4O4S2/c1-3-22(4-2)28(25,26)14-7-5-6-13(10-14)20-16(23)11-21-12-19-17-15(18(21)24)8-9-27-17/h5-10,12H,3-4,11H2,1-2H3,(H,20,23). The number of fused-ring (bicyclic) bond motifs is 1. The van der Waals surface area contributed by atoms with Gasteiger partial charge in [0.25, 0.3) is 5.56 Å². The van der Waals surface area contributed by atoms with Gasteiger partial charge < -0.3 is 5.32 Å². The monoisotopic (exact) mass is 420 g/mol. The Labute approximate surface area is 166 Å². The molecule has 0 atom stereocenters. The van der Waals surface area contributed by atoms with Crippen molar-refractivity contribution in [2.75, 3.05) is 18.4 Å². The van der Waals surface area contributed by atoms with Gasteiger partial charge in [0, 0.05) is 18.8 Å². The summed E-state index contributed by atoms with van der Waals surface area (Å²) in [5.74, 6) is -0.448. The van der Waals surface area contributed by atoms with E-state index in [0.29, 0.717) is 29.0 Å². The zero-order valence-corrected chi connectivity index (χ0v) is 17.1. The van der Waals surface area contributed by atoms with Crippen LogP contribution in [0.4, 0.5) is 5.69 Å². The molecule has 0 aliphatic rings. The van der Waals surface area contributed by atoms with E-state index in [9.17, 15) is 18.0 Å². The maximum absolute atomic E-state index is 12.6. The number of sulfonamides is 1. The van der Waals surface area contributed by atoms with E-state index in [0.717, 1.165) is 0 Å². The number of benzene rings is 1. The summed E-state index contributed by atoms with van der Waals surface area (Å²) in [4.78, 5) is 29.6. The molecular weight excluding hydrogens is 400 g/mol. The molecule has 0 spiro atoms. The number of aromatic nitrogens is 2. The van der Waals surface area contributed by atoms with Crippen LogP contribution >= 0.6 is 11.3 Å². The predicted molar refractivity (Wildman–Crippen MR) is 109 cm³/mol. The van der Waals surface area contributed by atoms with Crippen LogP contribution in [0.25, 0.3) is 10.2 Å². The molecule has 0 fully saturated rings. The van der Waals surface area contributed by atoms with Crippen LogP contribution in [0.15, 0.2) is 51.7 Å². The third kappa shape index (κ3) is 3.98. The van der Waals surface area contributed by atoms with Crippen molar-refractivity contribution in [3.63, 3.8) is 0 Å². The quantitative estimate of drug-likeness (QED) is 0.631. The normalized spacial score (nSPS) is 11.8. The zero-order chi connectivity index (χ0) is 20.3. The fraction of sp³-hybridized carbons (Fsp3) is 0.278. The van der Waals surface area contributed by atoms with Crippen molar-refractivity contribution in [3.05, 3.63) is 52.4 Å². The van der Waals surface area contributed by atoms with E-state index >= 15 is 0 Å². The first kappa shape index (κ1) is 20.2. The molecule has 0 aliphatic carbocycles. The first-order chi connectivity index (χ1) is 13.4. The molecular formula is C18H20N4O4S2. The molecule has 0 saturated carbocycles. The van der Waals surface area contributed by atoms with Gasteiger partial charge in [-0.3, -0.25) is 14.2 Å². The highest BCUT2D eigenvalue weighted by Crippen LogP contribution is 2.19. The predicted octanol–water partition coefficient (Wildman–Crippen LogP) is 2.13. The van der Waals surface area contributed by atoms with Crippen LogP contribution < -0.4 is 10.9 Å². The number of thiophene rings is 1. The fourth-order valence-corrected chi connectivity index (χ4v) is 5.04. The third-order valence-corrected chi connectivity index (χ3v) is 7.09. The molecule has 1 aromatic carbocycles. The molecule has 3 aromatic rings. The van der Waals surface area contributed by atoms with Crippen LogP contribution in [0.3, 0.4) is 0 Å². The Balaban J connectivity index is 1.79. The summed E-state index contributed by atoms with van der Waals surface area (Å²) in [7, 11) is -3.63. The Morgan fingerprint density at radius 3 is 2.71 bits per heavy atom. The zero-order valence-electron chi connectivity index (χ0n) is 15.5. The van der Waals surface area contributed by atoms with Gasteiger partial charge in [0.15, 0.2) is 0 Å². The topological polar surface area (TPSA) is 101 Å². The van der Waals surface area contributed by atoms with Gasteiger partial charge in [0.2, 0.25) is 15.9 Å². The molecule has 0 radical (unpaired) electrons. The molecule has 2 aromatic heterocycles. The number of amides is 1. The summed E-state index contributed by atoms with van der Waals surface area (Å²) in [6.07, 6.45) is 1.34. The average molecular weight is 421 g/mol. The Hall–Kier alpha value is -2.56. The first-order valence-corrected chi connectivity index (χ1v) is 11.0. The van der Waals surface area contributed by atoms with E-state index in [1.54, 1.807) is 37.4 Å². The van der Waals surface area contributed by atoms with Gasteiger partial charge in [0.05, 0.1) is 16.6 Å². The SMILES string of the molecule is CCN(CC)S(=O)(=O)c1cccc(NC(=O)Cn2cnc3sccc3c2=O)c1. The molecule has 0 aliphatic heterocycles. The maximum atomic E-state index is 12.6. The minimum atomic E-state index is -3.63. The summed E-state index contributed by atoms with van der Waals surface area (Å²) in [5, 5.41) is 4.87. The summed E-state index contributed by atoms with van der Waals surface area (Å²) in [6.45, 7) is 4.03. The van der Waals surface area contributed by atoms with Crippen molar-refractivity contribution in [1.29, 1.82) is 0 Å². The molecule has 1 N–H and O–H groups in total. The fourth-order valence-electron chi connectivity index (χ4n) is 2.81. The van der Waals surface area contributed by atoms with Crippen LogP contribution in [0.5, 0.6) is 0 Å². The van der Waals surface area contributed by atoms with Gasteiger partial charge in [-0.05, 0) is 29.6 Å². The lowest BCUT2D eigenvalue weighted by Gasteiger charge is -2.18. The minimum absolute atomic E-state index is 0.104. The van der Waals surface area contributed by atoms with E-state index < -0.39 is 15.9 Å². The first-order valence-electron chi connectivity index (χ1n) is 8.69. The van der Waals surface area contributed by atoms with Crippen LogP contribution in [0.2, 0.25) is 0 Å². The second-order valence-corrected chi connectivity index (χ2v) is 8.81. The van der Waals surface area contributed by atoms with Crippen molar-refractivity contribution >= 4 is 43.2 Å². The number of nitrogens with zero attached hydrogens (tertiary/aromatic N) is 3. The highest BCUT2D eigenvalue weighted by molar-refractivity contribution is 7.89. The van der Waals surface area contributed by atoms with E-state index in [4.69, 9.17) is 0 Å². The third-order valence-electron chi connectivity index (χ3n) is 4.23.